The number of anilines is 2. The zero-order valence-electron chi connectivity index (χ0n) is 32.9. The number of aryl methyl sites for hydroxylation is 1. The van der Waals surface area contributed by atoms with E-state index < -0.39 is 18.1 Å². The maximum atomic E-state index is 14.3. The molecule has 3 fully saturated rings. The highest BCUT2D eigenvalue weighted by Crippen LogP contribution is 2.45. The lowest BCUT2D eigenvalue weighted by molar-refractivity contribution is -0.141. The minimum Gasteiger partial charge on any atom is -0.507 e. The van der Waals surface area contributed by atoms with E-state index in [1.807, 2.05) is 87.8 Å². The van der Waals surface area contributed by atoms with Gasteiger partial charge in [0.25, 0.3) is 0 Å². The van der Waals surface area contributed by atoms with E-state index in [1.54, 1.807) is 23.5 Å². The van der Waals surface area contributed by atoms with Crippen molar-refractivity contribution >= 4 is 45.6 Å². The van der Waals surface area contributed by atoms with Crippen LogP contribution in [0.15, 0.2) is 88.9 Å². The third-order valence-corrected chi connectivity index (χ3v) is 12.9. The van der Waals surface area contributed by atoms with E-state index in [0.29, 0.717) is 22.8 Å². The molecule has 1 spiro atoms. The zero-order chi connectivity index (χ0) is 40.3. The van der Waals surface area contributed by atoms with Crippen molar-refractivity contribution < 1.29 is 24.3 Å². The number of nitrogens with zero attached hydrogens (tertiary/aromatic N) is 7. The van der Waals surface area contributed by atoms with Crippen molar-refractivity contribution in [2.24, 2.45) is 11.3 Å². The molecular weight excluding hydrogens is 753 g/mol. The fourth-order valence-electron chi connectivity index (χ4n) is 8.80. The maximum absolute atomic E-state index is 14.3. The van der Waals surface area contributed by atoms with Crippen molar-refractivity contribution in [1.82, 2.24) is 30.6 Å². The zero-order valence-corrected chi connectivity index (χ0v) is 33.7. The molecular formula is C44H46N8O5S. The summed E-state index contributed by atoms with van der Waals surface area (Å²) < 4.78 is 5.87. The van der Waals surface area contributed by atoms with Crippen molar-refractivity contribution in [3.8, 4) is 27.4 Å². The Kier molecular flexibility index (Phi) is 9.63. The third-order valence-electron chi connectivity index (χ3n) is 11.9. The predicted molar refractivity (Wildman–Crippen MR) is 223 cm³/mol. The van der Waals surface area contributed by atoms with Crippen molar-refractivity contribution in [3.63, 3.8) is 0 Å². The molecule has 3 saturated heterocycles. The molecule has 58 heavy (non-hydrogen) atoms. The number of β-amino-alcohol motifs (C(OH)–C–C–N with tert-alkyl or cyclic N) is 1. The van der Waals surface area contributed by atoms with E-state index in [1.165, 1.54) is 4.90 Å². The number of amides is 2. The summed E-state index contributed by atoms with van der Waals surface area (Å²) in [5.41, 5.74) is 8.14. The van der Waals surface area contributed by atoms with Crippen LogP contribution in [-0.2, 0) is 9.59 Å². The monoisotopic (exact) mass is 798 g/mol. The van der Waals surface area contributed by atoms with Crippen molar-refractivity contribution in [2.45, 2.75) is 58.2 Å². The maximum Gasteiger partial charge on any atom is 0.243 e. The second-order valence-corrected chi connectivity index (χ2v) is 17.4. The summed E-state index contributed by atoms with van der Waals surface area (Å²) in [5.74, 6) is -0.0264. The first-order valence-electron chi connectivity index (χ1n) is 19.8. The molecule has 3 N–H and O–H groups in total. The lowest BCUT2D eigenvalue weighted by Gasteiger charge is -2.61. The van der Waals surface area contributed by atoms with Crippen LogP contribution in [-0.4, -0.2) is 92.1 Å². The fourth-order valence-corrected chi connectivity index (χ4v) is 9.62. The van der Waals surface area contributed by atoms with Gasteiger partial charge in [-0.15, -0.1) is 21.5 Å². The van der Waals surface area contributed by atoms with Gasteiger partial charge in [0.2, 0.25) is 11.8 Å². The Bertz CT molecular complexity index is 2490. The number of aliphatic hydroxyl groups is 1. The van der Waals surface area contributed by atoms with Gasteiger partial charge in [0.15, 0.2) is 11.6 Å². The molecule has 4 atom stereocenters. The van der Waals surface area contributed by atoms with Crippen LogP contribution >= 0.6 is 11.3 Å². The summed E-state index contributed by atoms with van der Waals surface area (Å²) in [6, 6.07) is 24.1. The third kappa shape index (κ3) is 6.93. The second kappa shape index (κ2) is 14.8. The molecule has 13 nitrogen and oxygen atoms in total. The van der Waals surface area contributed by atoms with Crippen LogP contribution in [0.25, 0.3) is 32.6 Å². The lowest BCUT2D eigenvalue weighted by atomic mass is 9.72. The van der Waals surface area contributed by atoms with E-state index in [9.17, 15) is 19.8 Å². The molecule has 3 aliphatic heterocycles. The summed E-state index contributed by atoms with van der Waals surface area (Å²) in [6.07, 6.45) is -0.639. The minimum absolute atomic E-state index is 0.0760. The minimum atomic E-state index is -0.806. The lowest BCUT2D eigenvalue weighted by Crippen LogP contribution is -2.72. The highest BCUT2D eigenvalue weighted by Gasteiger charge is 2.53. The molecule has 1 unspecified atom stereocenters. The highest BCUT2D eigenvalue weighted by molar-refractivity contribution is 7.13. The molecule has 0 aliphatic carbocycles. The number of thiazole rings is 1. The van der Waals surface area contributed by atoms with Gasteiger partial charge in [0.05, 0.1) is 39.4 Å². The van der Waals surface area contributed by atoms with Crippen LogP contribution in [0.4, 0.5) is 11.5 Å². The first-order chi connectivity index (χ1) is 27.9. The Morgan fingerprint density at radius 2 is 1.71 bits per heavy atom. The van der Waals surface area contributed by atoms with E-state index in [2.05, 4.69) is 47.6 Å². The number of aromatic nitrogens is 4. The first-order valence-corrected chi connectivity index (χ1v) is 20.6. The average Bonchev–Trinajstić information content (AvgIpc) is 3.94. The van der Waals surface area contributed by atoms with E-state index in [0.717, 1.165) is 64.5 Å². The average molecular weight is 799 g/mol. The van der Waals surface area contributed by atoms with Gasteiger partial charge in [0.1, 0.15) is 17.7 Å². The molecule has 0 saturated carbocycles. The molecule has 6 aromatic rings. The number of carbonyl (C=O) groups excluding carboxylic acids is 2. The van der Waals surface area contributed by atoms with Gasteiger partial charge in [-0.1, -0.05) is 61.5 Å². The largest absolute Gasteiger partial charge is 0.507 e. The molecule has 3 aliphatic rings. The van der Waals surface area contributed by atoms with Crippen molar-refractivity contribution in [2.75, 3.05) is 42.5 Å². The molecule has 14 heteroatoms. The molecule has 9 rings (SSSR count). The van der Waals surface area contributed by atoms with Crippen LogP contribution < -0.4 is 15.1 Å². The predicted octanol–water partition coefficient (Wildman–Crippen LogP) is 6.33. The van der Waals surface area contributed by atoms with E-state index in [-0.39, 0.29) is 47.9 Å². The van der Waals surface area contributed by atoms with Gasteiger partial charge in [-0.25, -0.2) is 4.98 Å². The summed E-state index contributed by atoms with van der Waals surface area (Å²) in [6.45, 7) is 11.3. The van der Waals surface area contributed by atoms with Crippen LogP contribution in [0.2, 0.25) is 0 Å². The molecule has 298 valence electrons. The topological polar surface area (TPSA) is 161 Å². The number of para-hydroxylation sites is 1. The van der Waals surface area contributed by atoms with Crippen LogP contribution in [0.5, 0.6) is 5.75 Å². The van der Waals surface area contributed by atoms with Crippen molar-refractivity contribution in [1.29, 1.82) is 0 Å². The van der Waals surface area contributed by atoms with Gasteiger partial charge in [0, 0.05) is 67.3 Å². The SMILES string of the molecule is Cc1ncsc1-c1ccc([C@@H](C)NC(=O)[C@H]2C[C@H](O)CN2C(=O)C(c2cc(N3CC4(CN(c5ccc6cc(-c7ccccc7O)nnc6c5)C4)C3)no2)C(C)C)cc1. The fraction of sp³-hybridized carbons (Fsp3) is 0.364. The van der Waals surface area contributed by atoms with Gasteiger partial charge in [-0.3, -0.25) is 9.59 Å². The number of nitrogens with one attached hydrogen (secondary N) is 1. The van der Waals surface area contributed by atoms with Crippen LogP contribution in [0, 0.1) is 18.3 Å². The van der Waals surface area contributed by atoms with Crippen LogP contribution in [0.1, 0.15) is 56.2 Å². The number of aromatic hydroxyl groups is 1. The number of fused-ring (bicyclic) bond motifs is 1. The highest BCUT2D eigenvalue weighted by atomic mass is 32.1. The van der Waals surface area contributed by atoms with Crippen LogP contribution in [0.3, 0.4) is 0 Å². The van der Waals surface area contributed by atoms with Gasteiger partial charge in [-0.05, 0) is 61.2 Å². The van der Waals surface area contributed by atoms with E-state index in [4.69, 9.17) is 4.52 Å². The van der Waals surface area contributed by atoms with Gasteiger partial charge >= 0.3 is 0 Å². The molecule has 0 bridgehead atoms. The molecule has 2 amide bonds. The summed E-state index contributed by atoms with van der Waals surface area (Å²) in [7, 11) is 0. The summed E-state index contributed by atoms with van der Waals surface area (Å²) >= 11 is 1.60. The number of phenolic OH excluding ortho intramolecular Hbond substituents is 1. The first kappa shape index (κ1) is 37.7. The number of carbonyl (C=O) groups is 2. The number of aliphatic hydroxyl groups excluding tert-OH is 1. The quantitative estimate of drug-likeness (QED) is 0.142. The number of phenols is 1. The molecule has 3 aromatic carbocycles. The Labute approximate surface area is 340 Å². The summed E-state index contributed by atoms with van der Waals surface area (Å²) in [5, 5.41) is 38.2. The number of likely N-dealkylation sites (tertiary alicyclic amines) is 1. The Morgan fingerprint density at radius 1 is 0.948 bits per heavy atom. The van der Waals surface area contributed by atoms with Gasteiger partial charge < -0.3 is 34.8 Å². The van der Waals surface area contributed by atoms with E-state index >= 15 is 0 Å². The Balaban J connectivity index is 0.816. The number of hydrogen-bond donors (Lipinski definition) is 3. The smallest absolute Gasteiger partial charge is 0.243 e. The molecule has 3 aromatic heterocycles. The number of benzene rings is 3. The normalized spacial score (nSPS) is 19.7. The number of rotatable bonds is 10. The molecule has 0 radical (unpaired) electrons. The Hall–Kier alpha value is -5.86. The molecule has 6 heterocycles. The summed E-state index contributed by atoms with van der Waals surface area (Å²) in [4.78, 5) is 39.5. The van der Waals surface area contributed by atoms with Gasteiger partial charge in [-0.2, -0.15) is 0 Å². The van der Waals surface area contributed by atoms with Crippen molar-refractivity contribution in [3.05, 3.63) is 101 Å². The number of hydrogen-bond acceptors (Lipinski definition) is 12. The Morgan fingerprint density at radius 3 is 2.43 bits per heavy atom. The standard InChI is InChI=1S/C44H46N8O5S/c1-25(2)40(43(56)52-19-32(53)17-36(52)42(55)46-26(3)28-9-11-29(12-10-28)41-27(4)45-24-58-41)38-18-39(49-57-38)51-22-44(23-51)20-50(21-44)31-14-13-30-15-35(48-47-34(30)16-31)33-7-5-6-8-37(33)54/h5-16,18,24-26,32,36,40,53-54H,17,19-23H2,1-4H3,(H,46,55)/t26-,32+,36-,40?/m1/s1. The second-order valence-electron chi connectivity index (χ2n) is 16.5.